The highest BCUT2D eigenvalue weighted by molar-refractivity contribution is 5.82. The van der Waals surface area contributed by atoms with E-state index in [-0.39, 0.29) is 25.5 Å². The maximum Gasteiger partial charge on any atom is 0.407 e. The number of carboxylic acid groups (broad SMARTS) is 1. The Morgan fingerprint density at radius 1 is 1.23 bits per heavy atom. The van der Waals surface area contributed by atoms with E-state index in [1.807, 2.05) is 30.3 Å². The number of carbonyl (C=O) groups is 3. The molecule has 0 aliphatic rings. The molecule has 0 saturated heterocycles. The van der Waals surface area contributed by atoms with Crippen molar-refractivity contribution in [3.05, 3.63) is 35.9 Å². The van der Waals surface area contributed by atoms with E-state index in [9.17, 15) is 14.4 Å². The molecule has 0 spiro atoms. The number of aliphatic carboxylic acids is 1. The summed E-state index contributed by atoms with van der Waals surface area (Å²) in [7, 11) is 1.56. The van der Waals surface area contributed by atoms with Crippen LogP contribution in [0.1, 0.15) is 18.4 Å². The first kappa shape index (κ1) is 17.5. The predicted octanol–water partition coefficient (Wildman–Crippen LogP) is 1.24. The number of ether oxygens (including phenoxy) is 1. The third-order valence-electron chi connectivity index (χ3n) is 2.91. The molecule has 0 heterocycles. The number of likely N-dealkylation sites (N-methyl/N-ethyl adjacent to an activating group) is 1. The molecule has 0 saturated carbocycles. The van der Waals surface area contributed by atoms with Gasteiger partial charge in [0.2, 0.25) is 5.91 Å². The molecule has 22 heavy (non-hydrogen) atoms. The summed E-state index contributed by atoms with van der Waals surface area (Å²) in [5.74, 6) is -1.20. The quantitative estimate of drug-likeness (QED) is 0.753. The summed E-state index contributed by atoms with van der Waals surface area (Å²) in [5.41, 5.74) is 0.856. The summed E-state index contributed by atoms with van der Waals surface area (Å²) in [5, 5.41) is 10.9. The number of hydrogen-bond donors (Lipinski definition) is 2. The van der Waals surface area contributed by atoms with Crippen molar-refractivity contribution in [3.63, 3.8) is 0 Å². The lowest BCUT2D eigenvalue weighted by atomic mass is 10.2. The average Bonchev–Trinajstić information content (AvgIpc) is 2.51. The molecule has 0 fully saturated rings. The fourth-order valence-electron chi connectivity index (χ4n) is 1.65. The van der Waals surface area contributed by atoms with Crippen LogP contribution in [0.3, 0.4) is 0 Å². The lowest BCUT2D eigenvalue weighted by molar-refractivity contribution is -0.137. The Labute approximate surface area is 128 Å². The van der Waals surface area contributed by atoms with Gasteiger partial charge in [-0.15, -0.1) is 0 Å². The van der Waals surface area contributed by atoms with Crippen molar-refractivity contribution < 1.29 is 24.2 Å². The number of nitrogens with one attached hydrogen (secondary N) is 1. The van der Waals surface area contributed by atoms with Crippen LogP contribution in [0.4, 0.5) is 4.79 Å². The third-order valence-corrected chi connectivity index (χ3v) is 2.91. The maximum absolute atomic E-state index is 11.7. The summed E-state index contributed by atoms with van der Waals surface area (Å²) in [6.07, 6.45) is -0.295. The van der Waals surface area contributed by atoms with Gasteiger partial charge in [0.25, 0.3) is 0 Å². The number of carboxylic acids is 1. The van der Waals surface area contributed by atoms with Crippen LogP contribution in [0.5, 0.6) is 0 Å². The second kappa shape index (κ2) is 9.38. The monoisotopic (exact) mass is 308 g/mol. The molecule has 7 nitrogen and oxygen atoms in total. The van der Waals surface area contributed by atoms with Crippen LogP contribution in [0.15, 0.2) is 30.3 Å². The van der Waals surface area contributed by atoms with Gasteiger partial charge in [0.15, 0.2) is 0 Å². The van der Waals surface area contributed by atoms with Crippen LogP contribution < -0.4 is 5.32 Å². The van der Waals surface area contributed by atoms with Crippen LogP contribution >= 0.6 is 0 Å². The van der Waals surface area contributed by atoms with E-state index in [1.54, 1.807) is 7.05 Å². The molecule has 0 unspecified atom stereocenters. The highest BCUT2D eigenvalue weighted by Crippen LogP contribution is 2.00. The molecule has 2 amide bonds. The van der Waals surface area contributed by atoms with Gasteiger partial charge >= 0.3 is 12.1 Å². The van der Waals surface area contributed by atoms with E-state index in [1.165, 1.54) is 4.90 Å². The fourth-order valence-corrected chi connectivity index (χ4v) is 1.65. The Bertz CT molecular complexity index is 504. The molecule has 0 radical (unpaired) electrons. The molecule has 1 aromatic carbocycles. The molecule has 0 aliphatic carbocycles. The van der Waals surface area contributed by atoms with E-state index >= 15 is 0 Å². The first-order chi connectivity index (χ1) is 10.5. The molecule has 0 atom stereocenters. The van der Waals surface area contributed by atoms with Gasteiger partial charge in [-0.05, 0) is 12.0 Å². The van der Waals surface area contributed by atoms with Gasteiger partial charge in [-0.1, -0.05) is 30.3 Å². The van der Waals surface area contributed by atoms with E-state index < -0.39 is 12.1 Å². The highest BCUT2D eigenvalue weighted by atomic mass is 16.5. The number of amides is 2. The first-order valence-electron chi connectivity index (χ1n) is 6.89. The topological polar surface area (TPSA) is 95.9 Å². The van der Waals surface area contributed by atoms with E-state index in [0.717, 1.165) is 5.56 Å². The van der Waals surface area contributed by atoms with Gasteiger partial charge < -0.3 is 20.1 Å². The molecule has 120 valence electrons. The smallest absolute Gasteiger partial charge is 0.407 e. The number of nitrogens with zero attached hydrogens (tertiary/aromatic N) is 1. The van der Waals surface area contributed by atoms with Crippen LogP contribution in [0.2, 0.25) is 0 Å². The van der Waals surface area contributed by atoms with Gasteiger partial charge in [0.1, 0.15) is 13.2 Å². The third kappa shape index (κ3) is 7.28. The van der Waals surface area contributed by atoms with Crippen LogP contribution in [0.25, 0.3) is 0 Å². The van der Waals surface area contributed by atoms with Gasteiger partial charge in [0.05, 0.1) is 0 Å². The normalized spacial score (nSPS) is 9.86. The number of benzene rings is 1. The Balaban J connectivity index is 2.19. The molecule has 7 heteroatoms. The Hall–Kier alpha value is -2.57. The Kier molecular flexibility index (Phi) is 7.45. The minimum atomic E-state index is -0.900. The molecule has 1 aromatic rings. The standard InChI is InChI=1S/C15H20N2O5/c1-17(9-5-8-14(19)20)13(18)10-16-15(21)22-11-12-6-3-2-4-7-12/h2-4,6-7H,5,8-11H2,1H3,(H,16,21)(H,19,20). The van der Waals surface area contributed by atoms with Crippen molar-refractivity contribution in [2.45, 2.75) is 19.4 Å². The summed E-state index contributed by atoms with van der Waals surface area (Å²) in [4.78, 5) is 34.9. The molecule has 0 aromatic heterocycles. The van der Waals surface area contributed by atoms with Crippen molar-refractivity contribution in [2.24, 2.45) is 0 Å². The lowest BCUT2D eigenvalue weighted by Crippen LogP contribution is -2.38. The van der Waals surface area contributed by atoms with Gasteiger partial charge in [-0.3, -0.25) is 9.59 Å². The van der Waals surface area contributed by atoms with Gasteiger partial charge in [-0.25, -0.2) is 4.79 Å². The Morgan fingerprint density at radius 3 is 2.55 bits per heavy atom. The SMILES string of the molecule is CN(CCCC(=O)O)C(=O)CNC(=O)OCc1ccccc1. The number of rotatable bonds is 8. The molecule has 0 aliphatic heterocycles. The molecule has 1 rings (SSSR count). The van der Waals surface area contributed by atoms with E-state index in [2.05, 4.69) is 5.32 Å². The number of carbonyl (C=O) groups excluding carboxylic acids is 2. The van der Waals surface area contributed by atoms with Crippen molar-refractivity contribution in [2.75, 3.05) is 20.1 Å². The summed E-state index contributed by atoms with van der Waals surface area (Å²) >= 11 is 0. The second-order valence-electron chi connectivity index (χ2n) is 4.73. The summed E-state index contributed by atoms with van der Waals surface area (Å²) < 4.78 is 4.97. The molecular weight excluding hydrogens is 288 g/mol. The molecule has 2 N–H and O–H groups in total. The van der Waals surface area contributed by atoms with E-state index in [4.69, 9.17) is 9.84 Å². The molecule has 0 bridgehead atoms. The second-order valence-corrected chi connectivity index (χ2v) is 4.73. The lowest BCUT2D eigenvalue weighted by Gasteiger charge is -2.16. The minimum Gasteiger partial charge on any atom is -0.481 e. The van der Waals surface area contributed by atoms with Gasteiger partial charge in [-0.2, -0.15) is 0 Å². The maximum atomic E-state index is 11.7. The van der Waals surface area contributed by atoms with Crippen LogP contribution in [-0.2, 0) is 20.9 Å². The fraction of sp³-hybridized carbons (Fsp3) is 0.400. The van der Waals surface area contributed by atoms with E-state index in [0.29, 0.717) is 13.0 Å². The zero-order valence-corrected chi connectivity index (χ0v) is 12.4. The number of hydrogen-bond acceptors (Lipinski definition) is 4. The van der Waals surface area contributed by atoms with Gasteiger partial charge in [0, 0.05) is 20.0 Å². The first-order valence-corrected chi connectivity index (χ1v) is 6.89. The molecular formula is C15H20N2O5. The highest BCUT2D eigenvalue weighted by Gasteiger charge is 2.11. The predicted molar refractivity (Wildman–Crippen MR) is 79.1 cm³/mol. The summed E-state index contributed by atoms with van der Waals surface area (Å²) in [6.45, 7) is 0.276. The largest absolute Gasteiger partial charge is 0.481 e. The van der Waals surface area contributed by atoms with Crippen molar-refractivity contribution in [1.29, 1.82) is 0 Å². The minimum absolute atomic E-state index is 0.00413. The number of alkyl carbamates (subject to hydrolysis) is 1. The Morgan fingerprint density at radius 2 is 1.91 bits per heavy atom. The zero-order chi connectivity index (χ0) is 16.4. The summed E-state index contributed by atoms with van der Waals surface area (Å²) in [6, 6.07) is 9.20. The van der Waals surface area contributed by atoms with Crippen molar-refractivity contribution in [1.82, 2.24) is 10.2 Å². The van der Waals surface area contributed by atoms with Crippen LogP contribution in [0, 0.1) is 0 Å². The average molecular weight is 308 g/mol. The van der Waals surface area contributed by atoms with Crippen molar-refractivity contribution in [3.8, 4) is 0 Å². The van der Waals surface area contributed by atoms with Crippen molar-refractivity contribution >= 4 is 18.0 Å². The zero-order valence-electron chi connectivity index (χ0n) is 12.4. The van der Waals surface area contributed by atoms with Crippen LogP contribution in [-0.4, -0.2) is 48.1 Å².